The monoisotopic (exact) mass is 260 g/mol. The van der Waals surface area contributed by atoms with E-state index in [1.807, 2.05) is 6.92 Å². The lowest BCUT2D eigenvalue weighted by atomic mass is 10.0. The second-order valence-corrected chi connectivity index (χ2v) is 4.58. The summed E-state index contributed by atoms with van der Waals surface area (Å²) < 4.78 is 0. The summed E-state index contributed by atoms with van der Waals surface area (Å²) in [5.41, 5.74) is 3.53. The quantitative estimate of drug-likeness (QED) is 0.848. The fraction of sp³-hybridized carbons (Fsp3) is 0.364. The van der Waals surface area contributed by atoms with Crippen molar-refractivity contribution in [1.82, 2.24) is 10.4 Å². The molecule has 0 aromatic heterocycles. The summed E-state index contributed by atoms with van der Waals surface area (Å²) >= 11 is 11.7. The predicted molar refractivity (Wildman–Crippen MR) is 66.7 cm³/mol. The summed E-state index contributed by atoms with van der Waals surface area (Å²) in [4.78, 5) is 11.7. The number of hydrogen-bond donors (Lipinski definition) is 1. The average Bonchev–Trinajstić information content (AvgIpc) is 2.20. The van der Waals surface area contributed by atoms with E-state index in [0.717, 1.165) is 5.56 Å². The van der Waals surface area contributed by atoms with Gasteiger partial charge in [0, 0.05) is 14.1 Å². The Morgan fingerprint density at radius 3 is 2.44 bits per heavy atom. The van der Waals surface area contributed by atoms with Gasteiger partial charge in [0.2, 0.25) is 5.91 Å². The molecule has 0 heterocycles. The minimum atomic E-state index is -0.267. The average molecular weight is 261 g/mol. The number of hydrogen-bond acceptors (Lipinski definition) is 2. The first kappa shape index (κ1) is 13.3. The third kappa shape index (κ3) is 3.37. The highest BCUT2D eigenvalue weighted by Gasteiger charge is 2.16. The maximum absolute atomic E-state index is 11.7. The zero-order chi connectivity index (χ0) is 12.3. The molecule has 1 amide bonds. The van der Waals surface area contributed by atoms with Gasteiger partial charge in [-0.2, -0.15) is 0 Å². The molecule has 1 N–H and O–H groups in total. The van der Waals surface area contributed by atoms with Crippen LogP contribution in [0.5, 0.6) is 0 Å². The Morgan fingerprint density at radius 2 is 1.94 bits per heavy atom. The van der Waals surface area contributed by atoms with Crippen molar-refractivity contribution in [3.05, 3.63) is 33.8 Å². The first-order valence-electron chi connectivity index (χ1n) is 4.84. The summed E-state index contributed by atoms with van der Waals surface area (Å²) in [5, 5.41) is 2.56. The molecule has 0 saturated carbocycles. The third-order valence-corrected chi connectivity index (χ3v) is 2.91. The van der Waals surface area contributed by atoms with E-state index in [2.05, 4.69) is 5.43 Å². The lowest BCUT2D eigenvalue weighted by Gasteiger charge is -2.17. The maximum Gasteiger partial charge on any atom is 0.241 e. The van der Waals surface area contributed by atoms with Gasteiger partial charge < -0.3 is 0 Å². The van der Waals surface area contributed by atoms with E-state index in [0.29, 0.717) is 10.0 Å². The molecule has 88 valence electrons. The van der Waals surface area contributed by atoms with Crippen LogP contribution >= 0.6 is 23.2 Å². The van der Waals surface area contributed by atoms with Gasteiger partial charge in [-0.25, -0.2) is 5.01 Å². The summed E-state index contributed by atoms with van der Waals surface area (Å²) in [5.74, 6) is -0.347. The van der Waals surface area contributed by atoms with Gasteiger partial charge in [0.1, 0.15) is 0 Å². The standard InChI is InChI=1S/C11H14Cl2N2O/c1-7(11(16)14-15(2)3)8-4-5-9(12)10(13)6-8/h4-7H,1-3H3,(H,14,16). The molecule has 0 radical (unpaired) electrons. The Kier molecular flexibility index (Phi) is 4.59. The Bertz CT molecular complexity index is 394. The highest BCUT2D eigenvalue weighted by Crippen LogP contribution is 2.26. The number of nitrogens with zero attached hydrogens (tertiary/aromatic N) is 1. The highest BCUT2D eigenvalue weighted by molar-refractivity contribution is 6.42. The Morgan fingerprint density at radius 1 is 1.31 bits per heavy atom. The number of hydrazine groups is 1. The van der Waals surface area contributed by atoms with Crippen molar-refractivity contribution in [3.8, 4) is 0 Å². The van der Waals surface area contributed by atoms with Gasteiger partial charge in [-0.3, -0.25) is 10.2 Å². The van der Waals surface area contributed by atoms with E-state index >= 15 is 0 Å². The summed E-state index contributed by atoms with van der Waals surface area (Å²) in [6, 6.07) is 5.20. The van der Waals surface area contributed by atoms with E-state index in [-0.39, 0.29) is 11.8 Å². The lowest BCUT2D eigenvalue weighted by molar-refractivity contribution is -0.125. The Hall–Kier alpha value is -0.770. The minimum absolute atomic E-state index is 0.0802. The van der Waals surface area contributed by atoms with Crippen LogP contribution in [0, 0.1) is 0 Å². The number of carbonyl (C=O) groups excluding carboxylic acids is 1. The summed E-state index contributed by atoms with van der Waals surface area (Å²) in [6.45, 7) is 1.82. The van der Waals surface area contributed by atoms with Crippen LogP contribution < -0.4 is 5.43 Å². The van der Waals surface area contributed by atoms with Gasteiger partial charge in [-0.1, -0.05) is 29.3 Å². The van der Waals surface area contributed by atoms with E-state index in [4.69, 9.17) is 23.2 Å². The molecule has 1 atom stereocenters. The summed E-state index contributed by atoms with van der Waals surface area (Å²) in [7, 11) is 3.53. The number of benzene rings is 1. The summed E-state index contributed by atoms with van der Waals surface area (Å²) in [6.07, 6.45) is 0. The Balaban J connectivity index is 2.83. The van der Waals surface area contributed by atoms with Crippen molar-refractivity contribution >= 4 is 29.1 Å². The molecule has 5 heteroatoms. The first-order valence-corrected chi connectivity index (χ1v) is 5.60. The van der Waals surface area contributed by atoms with Crippen molar-refractivity contribution < 1.29 is 4.79 Å². The second-order valence-electron chi connectivity index (χ2n) is 3.77. The molecule has 1 unspecified atom stereocenters. The molecule has 0 aliphatic carbocycles. The second kappa shape index (κ2) is 5.53. The Labute approximate surface area is 105 Å². The third-order valence-electron chi connectivity index (χ3n) is 2.17. The zero-order valence-corrected chi connectivity index (χ0v) is 10.9. The molecule has 3 nitrogen and oxygen atoms in total. The molecule has 0 fully saturated rings. The van der Waals surface area contributed by atoms with Gasteiger partial charge in [0.25, 0.3) is 0 Å². The predicted octanol–water partition coefficient (Wildman–Crippen LogP) is 2.69. The fourth-order valence-electron chi connectivity index (χ4n) is 1.25. The van der Waals surface area contributed by atoms with E-state index < -0.39 is 0 Å². The van der Waals surface area contributed by atoms with Crippen LogP contribution in [0.1, 0.15) is 18.4 Å². The van der Waals surface area contributed by atoms with Crippen LogP contribution in [-0.4, -0.2) is 25.0 Å². The molecule has 1 aromatic rings. The SMILES string of the molecule is CC(C(=O)NN(C)C)c1ccc(Cl)c(Cl)c1. The number of rotatable bonds is 3. The van der Waals surface area contributed by atoms with Gasteiger partial charge >= 0.3 is 0 Å². The van der Waals surface area contributed by atoms with Gasteiger partial charge in [-0.05, 0) is 24.6 Å². The molecule has 0 saturated heterocycles. The number of amides is 1. The lowest BCUT2D eigenvalue weighted by Crippen LogP contribution is -2.38. The van der Waals surface area contributed by atoms with E-state index in [1.165, 1.54) is 0 Å². The minimum Gasteiger partial charge on any atom is -0.289 e. The largest absolute Gasteiger partial charge is 0.289 e. The molecular weight excluding hydrogens is 247 g/mol. The van der Waals surface area contributed by atoms with Crippen molar-refractivity contribution in [2.75, 3.05) is 14.1 Å². The van der Waals surface area contributed by atoms with Crippen LogP contribution in [-0.2, 0) is 4.79 Å². The molecular formula is C11H14Cl2N2O. The first-order chi connectivity index (χ1) is 7.41. The van der Waals surface area contributed by atoms with E-state index in [9.17, 15) is 4.79 Å². The molecule has 0 spiro atoms. The van der Waals surface area contributed by atoms with Crippen molar-refractivity contribution in [2.24, 2.45) is 0 Å². The topological polar surface area (TPSA) is 32.3 Å². The zero-order valence-electron chi connectivity index (χ0n) is 9.42. The normalized spacial score (nSPS) is 12.6. The number of nitrogens with one attached hydrogen (secondary N) is 1. The van der Waals surface area contributed by atoms with Crippen LogP contribution in [0.15, 0.2) is 18.2 Å². The van der Waals surface area contributed by atoms with Crippen LogP contribution in [0.25, 0.3) is 0 Å². The van der Waals surface area contributed by atoms with Gasteiger partial charge in [0.05, 0.1) is 16.0 Å². The van der Waals surface area contributed by atoms with E-state index in [1.54, 1.807) is 37.3 Å². The van der Waals surface area contributed by atoms with Gasteiger partial charge in [0.15, 0.2) is 0 Å². The molecule has 0 aliphatic heterocycles. The molecule has 1 aromatic carbocycles. The maximum atomic E-state index is 11.7. The van der Waals surface area contributed by atoms with Crippen molar-refractivity contribution in [2.45, 2.75) is 12.8 Å². The molecule has 0 aliphatic rings. The number of carbonyl (C=O) groups is 1. The van der Waals surface area contributed by atoms with Crippen LogP contribution in [0.4, 0.5) is 0 Å². The molecule has 0 bridgehead atoms. The van der Waals surface area contributed by atoms with Gasteiger partial charge in [-0.15, -0.1) is 0 Å². The molecule has 16 heavy (non-hydrogen) atoms. The smallest absolute Gasteiger partial charge is 0.241 e. The van der Waals surface area contributed by atoms with Crippen molar-refractivity contribution in [3.63, 3.8) is 0 Å². The number of halogens is 2. The van der Waals surface area contributed by atoms with Crippen molar-refractivity contribution in [1.29, 1.82) is 0 Å². The highest BCUT2D eigenvalue weighted by atomic mass is 35.5. The fourth-order valence-corrected chi connectivity index (χ4v) is 1.56. The molecule has 1 rings (SSSR count). The van der Waals surface area contributed by atoms with Crippen LogP contribution in [0.2, 0.25) is 10.0 Å². The van der Waals surface area contributed by atoms with Crippen LogP contribution in [0.3, 0.4) is 0 Å².